The SMILES string of the molecule is Cc1cccc2[nH]c(C(=O)NC(c3cc(=O)[nH]c(-c4ccccn4)n3)C(C)C)cc12. The zero-order valence-corrected chi connectivity index (χ0v) is 17.1. The van der Waals surface area contributed by atoms with E-state index in [-0.39, 0.29) is 17.4 Å². The Bertz CT molecular complexity index is 1260. The van der Waals surface area contributed by atoms with Gasteiger partial charge in [0, 0.05) is 23.2 Å². The minimum absolute atomic E-state index is 0.0194. The Morgan fingerprint density at radius 2 is 1.90 bits per heavy atom. The van der Waals surface area contributed by atoms with Gasteiger partial charge in [-0.05, 0) is 42.7 Å². The third kappa shape index (κ3) is 3.87. The summed E-state index contributed by atoms with van der Waals surface area (Å²) in [5.74, 6) is 0.149. The lowest BCUT2D eigenvalue weighted by molar-refractivity contribution is 0.0920. The van der Waals surface area contributed by atoms with Crippen LogP contribution < -0.4 is 10.9 Å². The highest BCUT2D eigenvalue weighted by atomic mass is 16.2. The average molecular weight is 401 g/mol. The highest BCUT2D eigenvalue weighted by molar-refractivity contribution is 5.99. The molecule has 7 heteroatoms. The number of H-pyrrole nitrogens is 2. The van der Waals surface area contributed by atoms with Gasteiger partial charge in [0.1, 0.15) is 11.4 Å². The van der Waals surface area contributed by atoms with E-state index in [1.165, 1.54) is 6.07 Å². The van der Waals surface area contributed by atoms with Crippen LogP contribution >= 0.6 is 0 Å². The van der Waals surface area contributed by atoms with Crippen molar-refractivity contribution in [2.24, 2.45) is 5.92 Å². The second kappa shape index (κ2) is 7.94. The first-order valence-corrected chi connectivity index (χ1v) is 9.84. The molecule has 3 heterocycles. The van der Waals surface area contributed by atoms with Crippen molar-refractivity contribution in [3.63, 3.8) is 0 Å². The first-order chi connectivity index (χ1) is 14.4. The number of amides is 1. The van der Waals surface area contributed by atoms with E-state index in [4.69, 9.17) is 0 Å². The van der Waals surface area contributed by atoms with Crippen LogP contribution in [0, 0.1) is 12.8 Å². The fraction of sp³-hybridized carbons (Fsp3) is 0.217. The van der Waals surface area contributed by atoms with Crippen LogP contribution in [-0.2, 0) is 0 Å². The molecular weight excluding hydrogens is 378 g/mol. The van der Waals surface area contributed by atoms with Crippen molar-refractivity contribution in [2.75, 3.05) is 0 Å². The number of hydrogen-bond donors (Lipinski definition) is 3. The molecule has 1 aromatic carbocycles. The highest BCUT2D eigenvalue weighted by Crippen LogP contribution is 2.23. The van der Waals surface area contributed by atoms with Crippen molar-refractivity contribution in [3.8, 4) is 11.5 Å². The van der Waals surface area contributed by atoms with E-state index in [2.05, 4.69) is 25.3 Å². The summed E-state index contributed by atoms with van der Waals surface area (Å²) in [7, 11) is 0. The van der Waals surface area contributed by atoms with Gasteiger partial charge in [0.15, 0.2) is 5.82 Å². The van der Waals surface area contributed by atoms with Gasteiger partial charge in [0.2, 0.25) is 0 Å². The molecule has 1 unspecified atom stereocenters. The summed E-state index contributed by atoms with van der Waals surface area (Å²) < 4.78 is 0. The van der Waals surface area contributed by atoms with E-state index in [1.54, 1.807) is 18.3 Å². The van der Waals surface area contributed by atoms with Gasteiger partial charge in [-0.3, -0.25) is 14.6 Å². The molecule has 3 N–H and O–H groups in total. The number of rotatable bonds is 5. The molecule has 0 spiro atoms. The van der Waals surface area contributed by atoms with Crippen LogP contribution in [0.1, 0.15) is 41.6 Å². The highest BCUT2D eigenvalue weighted by Gasteiger charge is 2.23. The number of hydrogen-bond acceptors (Lipinski definition) is 4. The number of aryl methyl sites for hydroxylation is 1. The summed E-state index contributed by atoms with van der Waals surface area (Å²) in [6.45, 7) is 5.96. The van der Waals surface area contributed by atoms with Crippen molar-refractivity contribution in [2.45, 2.75) is 26.8 Å². The Kier molecular flexibility index (Phi) is 5.18. The van der Waals surface area contributed by atoms with Gasteiger partial charge >= 0.3 is 0 Å². The molecule has 4 rings (SSSR count). The van der Waals surface area contributed by atoms with E-state index in [0.29, 0.717) is 22.9 Å². The molecule has 1 atom stereocenters. The average Bonchev–Trinajstić information content (AvgIpc) is 3.18. The molecule has 0 aliphatic heterocycles. The van der Waals surface area contributed by atoms with Gasteiger partial charge < -0.3 is 15.3 Å². The predicted molar refractivity (Wildman–Crippen MR) is 116 cm³/mol. The molecule has 0 bridgehead atoms. The van der Waals surface area contributed by atoms with Crippen molar-refractivity contribution in [3.05, 3.63) is 82.0 Å². The summed E-state index contributed by atoms with van der Waals surface area (Å²) >= 11 is 0. The van der Waals surface area contributed by atoms with Crippen molar-refractivity contribution < 1.29 is 4.79 Å². The van der Waals surface area contributed by atoms with Crippen LogP contribution in [0.2, 0.25) is 0 Å². The first kappa shape index (κ1) is 19.6. The van der Waals surface area contributed by atoms with Gasteiger partial charge in [-0.2, -0.15) is 0 Å². The summed E-state index contributed by atoms with van der Waals surface area (Å²) in [6.07, 6.45) is 1.64. The molecule has 0 aliphatic carbocycles. The molecule has 1 amide bonds. The number of aromatic amines is 2. The number of carbonyl (C=O) groups is 1. The van der Waals surface area contributed by atoms with Gasteiger partial charge in [-0.15, -0.1) is 0 Å². The topological polar surface area (TPSA) is 104 Å². The number of nitrogens with one attached hydrogen (secondary N) is 3. The van der Waals surface area contributed by atoms with Crippen LogP contribution in [0.5, 0.6) is 0 Å². The molecule has 0 fully saturated rings. The maximum absolute atomic E-state index is 13.0. The fourth-order valence-electron chi connectivity index (χ4n) is 3.49. The minimum Gasteiger partial charge on any atom is -0.351 e. The Morgan fingerprint density at radius 1 is 1.07 bits per heavy atom. The second-order valence-electron chi connectivity index (χ2n) is 7.65. The molecule has 152 valence electrons. The molecule has 30 heavy (non-hydrogen) atoms. The summed E-state index contributed by atoms with van der Waals surface area (Å²) in [4.78, 5) is 40.0. The monoisotopic (exact) mass is 401 g/mol. The lowest BCUT2D eigenvalue weighted by Gasteiger charge is -2.22. The summed E-state index contributed by atoms with van der Waals surface area (Å²) in [5, 5.41) is 4.04. The quantitative estimate of drug-likeness (QED) is 0.474. The molecule has 0 saturated heterocycles. The Balaban J connectivity index is 1.67. The van der Waals surface area contributed by atoms with Gasteiger partial charge in [-0.25, -0.2) is 4.98 Å². The van der Waals surface area contributed by atoms with Crippen LogP contribution in [0.15, 0.2) is 59.5 Å². The molecule has 4 aromatic rings. The summed E-state index contributed by atoms with van der Waals surface area (Å²) in [6, 6.07) is 14.1. The zero-order chi connectivity index (χ0) is 21.3. The lowest BCUT2D eigenvalue weighted by Crippen LogP contribution is -2.33. The molecule has 7 nitrogen and oxygen atoms in total. The summed E-state index contributed by atoms with van der Waals surface area (Å²) in [5.41, 5.74) is 3.25. The number of fused-ring (bicyclic) bond motifs is 1. The number of nitrogens with zero attached hydrogens (tertiary/aromatic N) is 2. The van der Waals surface area contributed by atoms with Crippen molar-refractivity contribution in [1.82, 2.24) is 25.3 Å². The maximum atomic E-state index is 13.0. The van der Waals surface area contributed by atoms with E-state index in [0.717, 1.165) is 16.5 Å². The van der Waals surface area contributed by atoms with E-state index in [1.807, 2.05) is 51.1 Å². The Hall–Kier alpha value is -3.74. The number of pyridine rings is 1. The van der Waals surface area contributed by atoms with Crippen molar-refractivity contribution in [1.29, 1.82) is 0 Å². The van der Waals surface area contributed by atoms with Crippen LogP contribution in [0.25, 0.3) is 22.4 Å². The smallest absolute Gasteiger partial charge is 0.268 e. The predicted octanol–water partition coefficient (Wildman–Crippen LogP) is 3.75. The van der Waals surface area contributed by atoms with Crippen LogP contribution in [0.3, 0.4) is 0 Å². The minimum atomic E-state index is -0.435. The van der Waals surface area contributed by atoms with Crippen LogP contribution in [0.4, 0.5) is 0 Å². The van der Waals surface area contributed by atoms with E-state index < -0.39 is 6.04 Å². The number of carbonyl (C=O) groups excluding carboxylic acids is 1. The second-order valence-corrected chi connectivity index (χ2v) is 7.65. The van der Waals surface area contributed by atoms with Crippen LogP contribution in [-0.4, -0.2) is 25.8 Å². The third-order valence-corrected chi connectivity index (χ3v) is 5.07. The standard InChI is InChI=1S/C23H23N5O2/c1-13(2)21(18-12-20(29)27-22(26-18)17-8-4-5-10-24-17)28-23(30)19-11-15-14(3)7-6-9-16(15)25-19/h4-13,21,25H,1-3H3,(H,28,30)(H,26,27,29). The van der Waals surface area contributed by atoms with Crippen molar-refractivity contribution >= 4 is 16.8 Å². The molecule has 3 aromatic heterocycles. The van der Waals surface area contributed by atoms with E-state index >= 15 is 0 Å². The van der Waals surface area contributed by atoms with E-state index in [9.17, 15) is 9.59 Å². The largest absolute Gasteiger partial charge is 0.351 e. The van der Waals surface area contributed by atoms with Gasteiger partial charge in [0.05, 0.1) is 11.7 Å². The fourth-order valence-corrected chi connectivity index (χ4v) is 3.49. The lowest BCUT2D eigenvalue weighted by atomic mass is 10.00. The zero-order valence-electron chi connectivity index (χ0n) is 17.1. The third-order valence-electron chi connectivity index (χ3n) is 5.07. The number of aromatic nitrogens is 4. The Labute approximate surface area is 173 Å². The maximum Gasteiger partial charge on any atom is 0.268 e. The Morgan fingerprint density at radius 3 is 2.60 bits per heavy atom. The van der Waals surface area contributed by atoms with Gasteiger partial charge in [-0.1, -0.05) is 32.0 Å². The number of benzene rings is 1. The van der Waals surface area contributed by atoms with Gasteiger partial charge in [0.25, 0.3) is 11.5 Å². The molecule has 0 saturated carbocycles. The molecule has 0 aliphatic rings. The molecule has 0 radical (unpaired) electrons. The molecular formula is C23H23N5O2. The normalized spacial score (nSPS) is 12.3. The first-order valence-electron chi connectivity index (χ1n) is 9.84.